The van der Waals surface area contributed by atoms with Crippen LogP contribution in [-0.2, 0) is 85.7 Å². The molecule has 0 radical (unpaired) electrons. The van der Waals surface area contributed by atoms with Crippen LogP contribution in [0.3, 0.4) is 0 Å². The van der Waals surface area contributed by atoms with Crippen molar-refractivity contribution in [2.75, 3.05) is 13.2 Å². The molecule has 1 unspecified atom stereocenters. The smallest absolute Gasteiger partial charge is 0.303 e. The van der Waals surface area contributed by atoms with Crippen molar-refractivity contribution in [3.8, 4) is 0 Å². The summed E-state index contributed by atoms with van der Waals surface area (Å²) < 4.78 is 56.8. The topological polar surface area (TPSA) is 241 Å². The van der Waals surface area contributed by atoms with Crippen molar-refractivity contribution in [1.82, 2.24) is 5.32 Å². The second-order valence-electron chi connectivity index (χ2n) is 15.3. The number of unbranched alkanes of at least 4 members (excludes halogenated alkanes) is 12. The maximum atomic E-state index is 13.3. The molecule has 0 spiro atoms. The first-order chi connectivity index (χ1) is 28.9. The predicted octanol–water partition coefficient (Wildman–Crippen LogP) is 4.20. The van der Waals surface area contributed by atoms with Crippen LogP contribution in [0.25, 0.3) is 0 Å². The van der Waals surface area contributed by atoms with Gasteiger partial charge in [0.2, 0.25) is 5.91 Å². The zero-order chi connectivity index (χ0) is 45.5. The molecule has 1 N–H and O–H groups in total. The van der Waals surface area contributed by atoms with E-state index in [1.807, 2.05) is 0 Å². The first-order valence-electron chi connectivity index (χ1n) is 21.3. The monoisotopic (exact) mass is 873 g/mol. The summed E-state index contributed by atoms with van der Waals surface area (Å²) >= 11 is 0. The summed E-state index contributed by atoms with van der Waals surface area (Å²) in [5.41, 5.74) is 0. The number of carbonyl (C=O) groups excluding carboxylic acids is 8. The highest BCUT2D eigenvalue weighted by Crippen LogP contribution is 2.35. The molecule has 19 nitrogen and oxygen atoms in total. The molecule has 0 aromatic heterocycles. The number of ether oxygens (including phenoxy) is 10. The Morgan fingerprint density at radius 1 is 0.426 bits per heavy atom. The van der Waals surface area contributed by atoms with Gasteiger partial charge >= 0.3 is 41.8 Å². The fraction of sp³-hybridized carbons (Fsp3) is 0.810. The fourth-order valence-corrected chi connectivity index (χ4v) is 7.16. The number of nitrogens with one attached hydrogen (secondary N) is 1. The van der Waals surface area contributed by atoms with Gasteiger partial charge in [0.15, 0.2) is 43.0 Å². The van der Waals surface area contributed by atoms with E-state index in [1.54, 1.807) is 0 Å². The molecule has 19 heteroatoms. The van der Waals surface area contributed by atoms with Gasteiger partial charge in [-0.3, -0.25) is 38.4 Å². The van der Waals surface area contributed by atoms with Crippen LogP contribution >= 0.6 is 0 Å². The van der Waals surface area contributed by atoms with Crippen LogP contribution in [0.5, 0.6) is 0 Å². The molecular formula is C42H67NO18. The van der Waals surface area contributed by atoms with Gasteiger partial charge in [-0.15, -0.1) is 0 Å². The molecule has 2 aliphatic heterocycles. The second-order valence-corrected chi connectivity index (χ2v) is 15.3. The Balaban J connectivity index is 2.38. The lowest BCUT2D eigenvalue weighted by Gasteiger charge is -2.48. The third-order valence-corrected chi connectivity index (χ3v) is 9.74. The van der Waals surface area contributed by atoms with Crippen LogP contribution < -0.4 is 5.32 Å². The molecule has 0 aromatic carbocycles. The maximum absolute atomic E-state index is 13.3. The van der Waals surface area contributed by atoms with Crippen molar-refractivity contribution >= 4 is 47.7 Å². The zero-order valence-electron chi connectivity index (χ0n) is 36.9. The highest BCUT2D eigenvalue weighted by molar-refractivity contribution is 5.76. The van der Waals surface area contributed by atoms with Crippen molar-refractivity contribution in [1.29, 1.82) is 0 Å². The number of amides is 1. The van der Waals surface area contributed by atoms with E-state index in [2.05, 4.69) is 12.2 Å². The van der Waals surface area contributed by atoms with E-state index in [0.29, 0.717) is 6.42 Å². The Kier molecular flexibility index (Phi) is 24.5. The van der Waals surface area contributed by atoms with Gasteiger partial charge in [0.25, 0.3) is 0 Å². The molecule has 2 saturated heterocycles. The van der Waals surface area contributed by atoms with Crippen molar-refractivity contribution in [3.63, 3.8) is 0 Å². The van der Waals surface area contributed by atoms with Gasteiger partial charge in [0.05, 0.1) is 0 Å². The van der Waals surface area contributed by atoms with Gasteiger partial charge in [-0.1, -0.05) is 84.0 Å². The molecule has 2 heterocycles. The summed E-state index contributed by atoms with van der Waals surface area (Å²) in [5.74, 6) is -6.38. The van der Waals surface area contributed by atoms with E-state index in [0.717, 1.165) is 74.1 Å². The number of hydrogen-bond acceptors (Lipinski definition) is 18. The van der Waals surface area contributed by atoms with Crippen LogP contribution in [-0.4, -0.2) is 122 Å². The molecule has 2 rings (SSSR count). The second kappa shape index (κ2) is 28.3. The van der Waals surface area contributed by atoms with Crippen LogP contribution in [0.1, 0.15) is 145 Å². The average Bonchev–Trinajstić information content (AvgIpc) is 3.15. The Morgan fingerprint density at radius 2 is 0.803 bits per heavy atom. The van der Waals surface area contributed by atoms with E-state index in [9.17, 15) is 38.4 Å². The third-order valence-electron chi connectivity index (χ3n) is 9.74. The summed E-state index contributed by atoms with van der Waals surface area (Å²) in [6.45, 7) is 8.57. The largest absolute Gasteiger partial charge is 0.463 e. The summed E-state index contributed by atoms with van der Waals surface area (Å²) in [4.78, 5) is 99.6. The van der Waals surface area contributed by atoms with Gasteiger partial charge < -0.3 is 52.7 Å². The van der Waals surface area contributed by atoms with E-state index in [4.69, 9.17) is 47.4 Å². The molecular weight excluding hydrogens is 806 g/mol. The highest BCUT2D eigenvalue weighted by Gasteiger charge is 2.57. The zero-order valence-corrected chi connectivity index (χ0v) is 36.9. The molecule has 0 aromatic rings. The van der Waals surface area contributed by atoms with Crippen molar-refractivity contribution in [2.24, 2.45) is 0 Å². The molecule has 2 aliphatic rings. The van der Waals surface area contributed by atoms with Crippen LogP contribution in [0, 0.1) is 0 Å². The highest BCUT2D eigenvalue weighted by atomic mass is 16.8. The molecule has 0 saturated carbocycles. The first-order valence-corrected chi connectivity index (χ1v) is 21.3. The summed E-state index contributed by atoms with van der Waals surface area (Å²) in [6.07, 6.45) is -1.08. The minimum atomic E-state index is -1.81. The Labute approximate surface area is 358 Å². The molecule has 348 valence electrons. The van der Waals surface area contributed by atoms with Crippen molar-refractivity contribution in [3.05, 3.63) is 0 Å². The minimum absolute atomic E-state index is 0.0991. The Hall–Kier alpha value is -4.36. The average molecular weight is 874 g/mol. The van der Waals surface area contributed by atoms with Crippen molar-refractivity contribution in [2.45, 2.75) is 207 Å². The lowest BCUT2D eigenvalue weighted by Crippen LogP contribution is -2.68. The van der Waals surface area contributed by atoms with Gasteiger partial charge in [0, 0.05) is 54.9 Å². The Morgan fingerprint density at radius 3 is 1.25 bits per heavy atom. The molecule has 61 heavy (non-hydrogen) atoms. The van der Waals surface area contributed by atoms with E-state index < -0.39 is 122 Å². The van der Waals surface area contributed by atoms with E-state index in [1.165, 1.54) is 51.4 Å². The van der Waals surface area contributed by atoms with E-state index in [-0.39, 0.29) is 6.42 Å². The SMILES string of the molecule is CCCCCCCCCCCCCCCC(=O)NC1O[C@H](COC(C)=O)[C@@H](O[C@@H]2O[C@H](COC(C)=O)[C@@H](OC(C)=O)[C@H](OC(C)=O)[C@@H]2OC(C)=O)[C@H](OC(C)=O)[C@@H]1OC(C)=O. The fourth-order valence-electron chi connectivity index (χ4n) is 7.16. The third kappa shape index (κ3) is 20.4. The number of rotatable bonds is 26. The Bertz CT molecular complexity index is 1440. The molecule has 0 bridgehead atoms. The maximum Gasteiger partial charge on any atom is 0.303 e. The standard InChI is InChI=1S/C42H67NO18/c1-9-10-11-12-13-14-15-16-17-18-19-20-21-22-34(51)43-41-39(57-30(7)49)37(55-28(5)47)36(32(59-41)23-52-25(2)44)61-42-40(58-31(8)50)38(56-29(6)48)35(54-27(4)46)33(60-42)24-53-26(3)45/h32-33,35-42H,9-24H2,1-8H3,(H,43,51)/t32-,33-,35-,36-,37+,38+,39+,40+,41?,42+/m1/s1. The lowest BCUT2D eigenvalue weighted by molar-refractivity contribution is -0.345. The first kappa shape index (κ1) is 52.8. The van der Waals surface area contributed by atoms with Gasteiger partial charge in [-0.2, -0.15) is 0 Å². The van der Waals surface area contributed by atoms with Crippen LogP contribution in [0.2, 0.25) is 0 Å². The van der Waals surface area contributed by atoms with E-state index >= 15 is 0 Å². The van der Waals surface area contributed by atoms with Crippen LogP contribution in [0.15, 0.2) is 0 Å². The summed E-state index contributed by atoms with van der Waals surface area (Å²) in [5, 5.41) is 2.70. The molecule has 2 fully saturated rings. The number of carbonyl (C=O) groups is 8. The lowest BCUT2D eigenvalue weighted by atomic mass is 9.95. The van der Waals surface area contributed by atoms with Gasteiger partial charge in [-0.25, -0.2) is 0 Å². The predicted molar refractivity (Wildman–Crippen MR) is 212 cm³/mol. The number of esters is 7. The molecule has 10 atom stereocenters. The van der Waals surface area contributed by atoms with Crippen LogP contribution in [0.4, 0.5) is 0 Å². The number of hydrogen-bond donors (Lipinski definition) is 1. The normalized spacial score (nSPS) is 25.9. The minimum Gasteiger partial charge on any atom is -0.463 e. The van der Waals surface area contributed by atoms with Gasteiger partial charge in [-0.05, 0) is 6.42 Å². The van der Waals surface area contributed by atoms with Crippen molar-refractivity contribution < 1.29 is 85.7 Å². The molecule has 0 aliphatic carbocycles. The molecule has 1 amide bonds. The summed E-state index contributed by atoms with van der Waals surface area (Å²) in [7, 11) is 0. The summed E-state index contributed by atoms with van der Waals surface area (Å²) in [6, 6.07) is 0. The quantitative estimate of drug-likeness (QED) is 0.0727. The van der Waals surface area contributed by atoms with Gasteiger partial charge in [0.1, 0.15) is 31.5 Å².